The van der Waals surface area contributed by atoms with E-state index in [-0.39, 0.29) is 0 Å². The van der Waals surface area contributed by atoms with E-state index in [4.69, 9.17) is 0 Å². The third-order valence-corrected chi connectivity index (χ3v) is 4.94. The Morgan fingerprint density at radius 2 is 1.65 bits per heavy atom. The maximum absolute atomic E-state index is 3.80. The van der Waals surface area contributed by atoms with Gasteiger partial charge in [0, 0.05) is 31.2 Å². The van der Waals surface area contributed by atoms with Crippen LogP contribution < -0.4 is 5.32 Å². The lowest BCUT2D eigenvalue weighted by Gasteiger charge is -2.49. The van der Waals surface area contributed by atoms with Gasteiger partial charge in [-0.2, -0.15) is 0 Å². The van der Waals surface area contributed by atoms with Crippen LogP contribution >= 0.6 is 0 Å². The van der Waals surface area contributed by atoms with Crippen molar-refractivity contribution in [2.45, 2.75) is 86.4 Å². The van der Waals surface area contributed by atoms with Gasteiger partial charge in [-0.15, -0.1) is 0 Å². The second-order valence-corrected chi connectivity index (χ2v) is 8.66. The molecular formula is C18H38N2. The lowest BCUT2D eigenvalue weighted by Crippen LogP contribution is -2.63. The van der Waals surface area contributed by atoms with Gasteiger partial charge in [-0.1, -0.05) is 48.5 Å². The average molecular weight is 283 g/mol. The van der Waals surface area contributed by atoms with Crippen molar-refractivity contribution < 1.29 is 0 Å². The number of hydrogen-bond donors (Lipinski definition) is 1. The topological polar surface area (TPSA) is 15.3 Å². The van der Waals surface area contributed by atoms with Gasteiger partial charge in [-0.05, 0) is 37.0 Å². The van der Waals surface area contributed by atoms with E-state index in [1.807, 2.05) is 0 Å². The Labute approximate surface area is 127 Å². The van der Waals surface area contributed by atoms with Crippen molar-refractivity contribution in [2.24, 2.45) is 17.3 Å². The molecule has 20 heavy (non-hydrogen) atoms. The molecule has 3 unspecified atom stereocenters. The summed E-state index contributed by atoms with van der Waals surface area (Å²) in [7, 11) is 0. The van der Waals surface area contributed by atoms with E-state index >= 15 is 0 Å². The highest BCUT2D eigenvalue weighted by molar-refractivity contribution is 4.94. The van der Waals surface area contributed by atoms with E-state index < -0.39 is 0 Å². The maximum atomic E-state index is 3.80. The minimum Gasteiger partial charge on any atom is -0.311 e. The van der Waals surface area contributed by atoms with Crippen LogP contribution in [0.2, 0.25) is 0 Å². The molecule has 0 aromatic rings. The smallest absolute Gasteiger partial charge is 0.0247 e. The Morgan fingerprint density at radius 1 is 1.05 bits per heavy atom. The van der Waals surface area contributed by atoms with E-state index in [2.05, 4.69) is 65.6 Å². The van der Waals surface area contributed by atoms with Crippen molar-refractivity contribution in [1.29, 1.82) is 0 Å². The summed E-state index contributed by atoms with van der Waals surface area (Å²) in [5.41, 5.74) is 0.345. The van der Waals surface area contributed by atoms with Crippen molar-refractivity contribution in [2.75, 3.05) is 13.1 Å². The molecule has 1 N–H and O–H groups in total. The fourth-order valence-corrected chi connectivity index (χ4v) is 3.24. The van der Waals surface area contributed by atoms with Gasteiger partial charge in [0.2, 0.25) is 0 Å². The van der Waals surface area contributed by atoms with Crippen LogP contribution in [0.1, 0.15) is 68.2 Å². The van der Waals surface area contributed by atoms with Gasteiger partial charge < -0.3 is 5.32 Å². The zero-order valence-electron chi connectivity index (χ0n) is 15.2. The summed E-state index contributed by atoms with van der Waals surface area (Å²) >= 11 is 0. The molecule has 0 saturated carbocycles. The summed E-state index contributed by atoms with van der Waals surface area (Å²) in [6.45, 7) is 21.3. The second-order valence-electron chi connectivity index (χ2n) is 8.66. The minimum absolute atomic E-state index is 0.345. The van der Waals surface area contributed by atoms with Crippen LogP contribution in [0, 0.1) is 17.3 Å². The molecule has 0 radical (unpaired) electrons. The van der Waals surface area contributed by atoms with Crippen LogP contribution in [0.5, 0.6) is 0 Å². The van der Waals surface area contributed by atoms with Crippen molar-refractivity contribution in [3.05, 3.63) is 0 Å². The molecule has 2 heteroatoms. The Hall–Kier alpha value is -0.0800. The first kappa shape index (κ1) is 18.0. The molecule has 0 amide bonds. The lowest BCUT2D eigenvalue weighted by molar-refractivity contribution is 0.0303. The highest BCUT2D eigenvalue weighted by Gasteiger charge is 2.36. The molecule has 0 aliphatic carbocycles. The molecule has 0 aromatic heterocycles. The number of rotatable bonds is 5. The number of hydrogen-bond acceptors (Lipinski definition) is 2. The SMILES string of the molecule is CC(C)CCC(C)N1CC(C(C)(C)C)NCC1C(C)C. The average Bonchev–Trinajstić information content (AvgIpc) is 2.33. The molecule has 3 atom stereocenters. The van der Waals surface area contributed by atoms with E-state index in [0.29, 0.717) is 23.5 Å². The van der Waals surface area contributed by atoms with Crippen molar-refractivity contribution >= 4 is 0 Å². The third-order valence-electron chi connectivity index (χ3n) is 4.94. The molecular weight excluding hydrogens is 244 g/mol. The van der Waals surface area contributed by atoms with E-state index in [9.17, 15) is 0 Å². The van der Waals surface area contributed by atoms with Gasteiger partial charge >= 0.3 is 0 Å². The standard InChI is InChI=1S/C18H38N2/c1-13(2)9-10-15(5)20-12-17(18(6,7)8)19-11-16(20)14(3)4/h13-17,19H,9-12H2,1-8H3. The molecule has 2 nitrogen and oxygen atoms in total. The predicted octanol–water partition coefficient (Wildman–Crippen LogP) is 4.16. The van der Waals surface area contributed by atoms with Gasteiger partial charge in [0.1, 0.15) is 0 Å². The summed E-state index contributed by atoms with van der Waals surface area (Å²) in [4.78, 5) is 2.79. The van der Waals surface area contributed by atoms with Crippen molar-refractivity contribution in [3.63, 3.8) is 0 Å². The summed E-state index contributed by atoms with van der Waals surface area (Å²) < 4.78 is 0. The Bertz CT molecular complexity index is 278. The van der Waals surface area contributed by atoms with Crippen LogP contribution in [-0.4, -0.2) is 36.1 Å². The number of piperazine rings is 1. The van der Waals surface area contributed by atoms with Crippen LogP contribution in [-0.2, 0) is 0 Å². The quantitative estimate of drug-likeness (QED) is 0.814. The number of nitrogens with one attached hydrogen (secondary N) is 1. The fraction of sp³-hybridized carbons (Fsp3) is 1.00. The predicted molar refractivity (Wildman–Crippen MR) is 90.1 cm³/mol. The Kier molecular flexibility index (Phi) is 6.53. The largest absolute Gasteiger partial charge is 0.311 e. The summed E-state index contributed by atoms with van der Waals surface area (Å²) in [6.07, 6.45) is 2.67. The summed E-state index contributed by atoms with van der Waals surface area (Å²) in [5.74, 6) is 1.54. The monoisotopic (exact) mass is 282 g/mol. The molecule has 1 aliphatic heterocycles. The zero-order chi connectivity index (χ0) is 15.5. The highest BCUT2D eigenvalue weighted by atomic mass is 15.3. The first-order valence-corrected chi connectivity index (χ1v) is 8.62. The molecule has 0 aromatic carbocycles. The highest BCUT2D eigenvalue weighted by Crippen LogP contribution is 2.28. The van der Waals surface area contributed by atoms with Gasteiger partial charge in [-0.3, -0.25) is 4.90 Å². The molecule has 1 heterocycles. The van der Waals surface area contributed by atoms with Gasteiger partial charge in [0.05, 0.1) is 0 Å². The van der Waals surface area contributed by atoms with Gasteiger partial charge in [-0.25, -0.2) is 0 Å². The molecule has 1 saturated heterocycles. The van der Waals surface area contributed by atoms with Crippen LogP contribution in [0.3, 0.4) is 0 Å². The van der Waals surface area contributed by atoms with E-state index in [0.717, 1.165) is 18.4 Å². The third kappa shape index (κ3) is 5.04. The minimum atomic E-state index is 0.345. The first-order chi connectivity index (χ1) is 9.12. The molecule has 1 rings (SSSR count). The Morgan fingerprint density at radius 3 is 2.10 bits per heavy atom. The van der Waals surface area contributed by atoms with Crippen molar-refractivity contribution in [1.82, 2.24) is 10.2 Å². The molecule has 0 spiro atoms. The van der Waals surface area contributed by atoms with Gasteiger partial charge in [0.25, 0.3) is 0 Å². The van der Waals surface area contributed by atoms with Crippen LogP contribution in [0.25, 0.3) is 0 Å². The summed E-state index contributed by atoms with van der Waals surface area (Å²) in [5, 5.41) is 3.80. The number of nitrogens with zero attached hydrogens (tertiary/aromatic N) is 1. The normalized spacial score (nSPS) is 27.3. The fourth-order valence-electron chi connectivity index (χ4n) is 3.24. The first-order valence-electron chi connectivity index (χ1n) is 8.62. The molecule has 0 bridgehead atoms. The molecule has 1 aliphatic rings. The summed E-state index contributed by atoms with van der Waals surface area (Å²) in [6, 6.07) is 2.01. The Balaban J connectivity index is 2.73. The van der Waals surface area contributed by atoms with Gasteiger partial charge in [0.15, 0.2) is 0 Å². The molecule has 120 valence electrons. The van der Waals surface area contributed by atoms with Crippen molar-refractivity contribution in [3.8, 4) is 0 Å². The maximum Gasteiger partial charge on any atom is 0.0247 e. The van der Waals surface area contributed by atoms with E-state index in [1.165, 1.54) is 19.4 Å². The van der Waals surface area contributed by atoms with Crippen LogP contribution in [0.15, 0.2) is 0 Å². The van der Waals surface area contributed by atoms with E-state index in [1.54, 1.807) is 0 Å². The van der Waals surface area contributed by atoms with Crippen LogP contribution in [0.4, 0.5) is 0 Å². The second kappa shape index (κ2) is 7.26. The zero-order valence-corrected chi connectivity index (χ0v) is 15.2. The molecule has 1 fully saturated rings. The lowest BCUT2D eigenvalue weighted by atomic mass is 9.83.